The Labute approximate surface area is 216 Å². The largest absolute Gasteiger partial charge is 0.465 e. The van der Waals surface area contributed by atoms with Gasteiger partial charge < -0.3 is 18.9 Å². The first kappa shape index (κ1) is 25.2. The molecule has 0 radical (unpaired) electrons. The van der Waals surface area contributed by atoms with E-state index in [0.29, 0.717) is 39.3 Å². The second-order valence-corrected chi connectivity index (χ2v) is 13.8. The van der Waals surface area contributed by atoms with E-state index in [1.165, 1.54) is 38.5 Å². The van der Waals surface area contributed by atoms with Gasteiger partial charge in [-0.1, -0.05) is 0 Å². The third kappa shape index (κ3) is 5.36. The van der Waals surface area contributed by atoms with Gasteiger partial charge in [-0.25, -0.2) is 0 Å². The summed E-state index contributed by atoms with van der Waals surface area (Å²) in [6.45, 7) is 3.81. The zero-order valence-electron chi connectivity index (χ0n) is 22.2. The summed E-state index contributed by atoms with van der Waals surface area (Å²) in [5, 5.41) is 0. The summed E-state index contributed by atoms with van der Waals surface area (Å²) in [6.07, 6.45) is 15.4. The molecule has 8 aliphatic rings. The summed E-state index contributed by atoms with van der Waals surface area (Å²) >= 11 is 0. The summed E-state index contributed by atoms with van der Waals surface area (Å²) in [5.41, 5.74) is -0.339. The van der Waals surface area contributed by atoms with E-state index in [0.717, 1.165) is 74.0 Å². The molecule has 0 N–H and O–H groups in total. The van der Waals surface area contributed by atoms with Gasteiger partial charge in [0.2, 0.25) is 0 Å². The van der Waals surface area contributed by atoms with Gasteiger partial charge in [-0.05, 0) is 119 Å². The van der Waals surface area contributed by atoms with Gasteiger partial charge in [-0.3, -0.25) is 9.59 Å². The van der Waals surface area contributed by atoms with Gasteiger partial charge in [-0.2, -0.15) is 0 Å². The molecular formula is C30H46O6. The van der Waals surface area contributed by atoms with Crippen LogP contribution in [0.2, 0.25) is 0 Å². The van der Waals surface area contributed by atoms with Crippen molar-refractivity contribution in [1.29, 1.82) is 0 Å². The summed E-state index contributed by atoms with van der Waals surface area (Å²) in [7, 11) is 0. The Morgan fingerprint density at radius 1 is 0.750 bits per heavy atom. The molecule has 1 unspecified atom stereocenters. The van der Waals surface area contributed by atoms with E-state index in [4.69, 9.17) is 18.9 Å². The van der Waals surface area contributed by atoms with Crippen LogP contribution in [0.3, 0.4) is 0 Å². The summed E-state index contributed by atoms with van der Waals surface area (Å²) in [5.74, 6) is 4.55. The zero-order valence-corrected chi connectivity index (χ0v) is 22.2. The molecule has 6 nitrogen and oxygen atoms in total. The minimum Gasteiger partial charge on any atom is -0.465 e. The van der Waals surface area contributed by atoms with Gasteiger partial charge in [0.1, 0.15) is 5.60 Å². The highest BCUT2D eigenvalue weighted by Gasteiger charge is 2.55. The van der Waals surface area contributed by atoms with E-state index >= 15 is 0 Å². The van der Waals surface area contributed by atoms with Crippen molar-refractivity contribution in [3.63, 3.8) is 0 Å². The molecule has 0 spiro atoms. The smallest absolute Gasteiger partial charge is 0.312 e. The fourth-order valence-electron chi connectivity index (χ4n) is 9.93. The van der Waals surface area contributed by atoms with Crippen molar-refractivity contribution in [3.05, 3.63) is 0 Å². The number of rotatable bonds is 12. The Balaban J connectivity index is 0.814. The fourth-order valence-corrected chi connectivity index (χ4v) is 9.93. The van der Waals surface area contributed by atoms with Gasteiger partial charge in [0.25, 0.3) is 0 Å². The molecule has 8 bridgehead atoms. The lowest BCUT2D eigenvalue weighted by molar-refractivity contribution is -0.188. The van der Waals surface area contributed by atoms with Gasteiger partial charge in [-0.15, -0.1) is 0 Å². The predicted octanol–water partition coefficient (Wildman–Crippen LogP) is 5.46. The zero-order chi connectivity index (χ0) is 24.8. The molecule has 0 aromatic rings. The third-order valence-electron chi connectivity index (χ3n) is 10.5. The van der Waals surface area contributed by atoms with Crippen molar-refractivity contribution in [1.82, 2.24) is 0 Å². The lowest BCUT2D eigenvalue weighted by atomic mass is 9.49. The maximum Gasteiger partial charge on any atom is 0.312 e. The standard InChI is InChI=1S/C30H46O6/c1-20(34-6-3-27(31)36-30-16-24-10-25(17-30)12-26(11-24)18-30)19-33-4-2-5-35-28(32)29-13-21-7-22(14-29)9-23(8-21)15-29/h20-26H,2-19H2,1H3. The van der Waals surface area contributed by atoms with Gasteiger partial charge in [0, 0.05) is 13.0 Å². The number of carbonyl (C=O) groups excluding carboxylic acids is 2. The third-order valence-corrected chi connectivity index (χ3v) is 10.5. The van der Waals surface area contributed by atoms with Crippen molar-refractivity contribution in [2.75, 3.05) is 26.4 Å². The van der Waals surface area contributed by atoms with E-state index in [-0.39, 0.29) is 29.1 Å². The SMILES string of the molecule is CC(COCCCOC(=O)C12CC3CC(CC(C3)C1)C2)OCCC(=O)OC12CC3CC(CC(C3)C1)C2. The molecule has 8 rings (SSSR count). The molecule has 0 amide bonds. The van der Waals surface area contributed by atoms with Crippen molar-refractivity contribution in [3.8, 4) is 0 Å². The Hall–Kier alpha value is -1.14. The number of esters is 2. The molecule has 0 saturated heterocycles. The highest BCUT2D eigenvalue weighted by Crippen LogP contribution is 2.60. The van der Waals surface area contributed by atoms with Crippen molar-refractivity contribution in [2.45, 2.75) is 109 Å². The van der Waals surface area contributed by atoms with Crippen molar-refractivity contribution >= 4 is 11.9 Å². The highest BCUT2D eigenvalue weighted by atomic mass is 16.6. The average Bonchev–Trinajstić information content (AvgIpc) is 2.79. The van der Waals surface area contributed by atoms with Crippen molar-refractivity contribution in [2.24, 2.45) is 40.9 Å². The Kier molecular flexibility index (Phi) is 7.13. The first-order valence-corrected chi connectivity index (χ1v) is 15.0. The van der Waals surface area contributed by atoms with E-state index in [1.54, 1.807) is 0 Å². The molecule has 8 saturated carbocycles. The van der Waals surface area contributed by atoms with E-state index in [9.17, 15) is 9.59 Å². The molecule has 0 aliphatic heterocycles. The van der Waals surface area contributed by atoms with E-state index in [1.807, 2.05) is 6.92 Å². The lowest BCUT2D eigenvalue weighted by Crippen LogP contribution is -2.52. The molecule has 1 atom stereocenters. The minimum absolute atomic E-state index is 0.0544. The van der Waals surface area contributed by atoms with Crippen LogP contribution in [0, 0.1) is 40.9 Å². The summed E-state index contributed by atoms with van der Waals surface area (Å²) in [4.78, 5) is 25.4. The van der Waals surface area contributed by atoms with E-state index < -0.39 is 0 Å². The predicted molar refractivity (Wildman–Crippen MR) is 134 cm³/mol. The van der Waals surface area contributed by atoms with Crippen LogP contribution in [0.4, 0.5) is 0 Å². The van der Waals surface area contributed by atoms with Crippen LogP contribution < -0.4 is 0 Å². The Bertz CT molecular complexity index is 750. The van der Waals surface area contributed by atoms with E-state index in [2.05, 4.69) is 0 Å². The molecule has 0 aromatic heterocycles. The second-order valence-electron chi connectivity index (χ2n) is 13.8. The lowest BCUT2D eigenvalue weighted by Gasteiger charge is -2.55. The Morgan fingerprint density at radius 2 is 1.28 bits per heavy atom. The number of hydrogen-bond donors (Lipinski definition) is 0. The molecule has 8 aliphatic carbocycles. The Morgan fingerprint density at radius 3 is 1.83 bits per heavy atom. The van der Waals surface area contributed by atoms with Crippen LogP contribution in [-0.2, 0) is 28.5 Å². The molecule has 0 heterocycles. The van der Waals surface area contributed by atoms with Gasteiger partial charge >= 0.3 is 11.9 Å². The van der Waals surface area contributed by atoms with Crippen LogP contribution in [0.5, 0.6) is 0 Å². The first-order chi connectivity index (χ1) is 17.4. The van der Waals surface area contributed by atoms with Crippen molar-refractivity contribution < 1.29 is 28.5 Å². The van der Waals surface area contributed by atoms with Crippen LogP contribution in [0.15, 0.2) is 0 Å². The maximum absolute atomic E-state index is 12.9. The fraction of sp³-hybridized carbons (Fsp3) is 0.933. The molecule has 36 heavy (non-hydrogen) atoms. The highest BCUT2D eigenvalue weighted by molar-refractivity contribution is 5.77. The number of carbonyl (C=O) groups is 2. The number of ether oxygens (including phenoxy) is 4. The average molecular weight is 503 g/mol. The summed E-state index contributed by atoms with van der Waals surface area (Å²) < 4.78 is 23.3. The number of hydrogen-bond acceptors (Lipinski definition) is 6. The molecular weight excluding hydrogens is 456 g/mol. The topological polar surface area (TPSA) is 71.1 Å². The monoisotopic (exact) mass is 502 g/mol. The molecule has 6 heteroatoms. The maximum atomic E-state index is 12.9. The normalized spacial score (nSPS) is 42.5. The molecule has 8 fully saturated rings. The van der Waals surface area contributed by atoms with Crippen LogP contribution in [0.25, 0.3) is 0 Å². The van der Waals surface area contributed by atoms with Crippen LogP contribution >= 0.6 is 0 Å². The van der Waals surface area contributed by atoms with Crippen LogP contribution in [-0.4, -0.2) is 50.1 Å². The minimum atomic E-state index is -0.172. The van der Waals surface area contributed by atoms with Gasteiger partial charge in [0.15, 0.2) is 0 Å². The van der Waals surface area contributed by atoms with Crippen LogP contribution in [0.1, 0.15) is 96.8 Å². The van der Waals surface area contributed by atoms with Gasteiger partial charge in [0.05, 0.1) is 37.8 Å². The first-order valence-electron chi connectivity index (χ1n) is 15.0. The summed E-state index contributed by atoms with van der Waals surface area (Å²) in [6, 6.07) is 0. The quantitative estimate of drug-likeness (QED) is 0.261. The molecule has 202 valence electrons. The second kappa shape index (κ2) is 10.2. The molecule has 0 aromatic carbocycles.